The number of methoxy groups -OCH3 is 2. The van der Waals surface area contributed by atoms with Crippen molar-refractivity contribution in [2.75, 3.05) is 20.0 Å². The van der Waals surface area contributed by atoms with Crippen LogP contribution in [0.1, 0.15) is 5.82 Å². The van der Waals surface area contributed by atoms with Gasteiger partial charge >= 0.3 is 0 Å². The maximum Gasteiger partial charge on any atom is 0.163 e. The van der Waals surface area contributed by atoms with Crippen molar-refractivity contribution in [1.29, 1.82) is 0 Å². The largest absolute Gasteiger partial charge is 0.493 e. The number of rotatable bonds is 4. The second-order valence-corrected chi connectivity index (χ2v) is 4.38. The molecular weight excluding hydrogens is 258 g/mol. The quantitative estimate of drug-likeness (QED) is 0.750. The van der Waals surface area contributed by atoms with Crippen LogP contribution in [-0.2, 0) is 6.54 Å². The minimum Gasteiger partial charge on any atom is -0.493 e. The molecule has 0 aliphatic rings. The first-order chi connectivity index (χ1) is 9.69. The molecule has 0 radical (unpaired) electrons. The first-order valence-electron chi connectivity index (χ1n) is 6.08. The minimum atomic E-state index is 0.524. The molecule has 2 heterocycles. The van der Waals surface area contributed by atoms with Crippen molar-refractivity contribution in [3.05, 3.63) is 30.4 Å². The van der Waals surface area contributed by atoms with Crippen molar-refractivity contribution in [1.82, 2.24) is 19.7 Å². The van der Waals surface area contributed by atoms with Gasteiger partial charge in [0.05, 0.1) is 43.7 Å². The number of nitrogens with one attached hydrogen (secondary N) is 1. The van der Waals surface area contributed by atoms with E-state index in [0.717, 1.165) is 16.9 Å². The molecule has 0 spiro atoms. The van der Waals surface area contributed by atoms with E-state index in [0.29, 0.717) is 23.7 Å². The maximum absolute atomic E-state index is 5.64. The van der Waals surface area contributed by atoms with Gasteiger partial charge in [0.2, 0.25) is 0 Å². The fraction of sp³-hybridized carbons (Fsp3) is 0.231. The summed E-state index contributed by atoms with van der Waals surface area (Å²) in [6, 6.07) is 3.70. The standard InChI is InChI=1S/C13H15N5O2/c1-19-11-3-9-10(4-12(11)20-2)17-13(16-9)7-18-6-8(14)5-15-18/h3-6H,7,14H2,1-2H3,(H,16,17). The number of benzene rings is 1. The highest BCUT2D eigenvalue weighted by Gasteiger charge is 2.10. The summed E-state index contributed by atoms with van der Waals surface area (Å²) in [6.45, 7) is 0.524. The maximum atomic E-state index is 5.64. The van der Waals surface area contributed by atoms with E-state index in [1.807, 2.05) is 12.1 Å². The highest BCUT2D eigenvalue weighted by molar-refractivity contribution is 5.79. The average Bonchev–Trinajstić information content (AvgIpc) is 3.02. The number of ether oxygens (including phenoxy) is 2. The smallest absolute Gasteiger partial charge is 0.163 e. The lowest BCUT2D eigenvalue weighted by Gasteiger charge is -2.06. The van der Waals surface area contributed by atoms with Gasteiger partial charge in [0, 0.05) is 18.3 Å². The summed E-state index contributed by atoms with van der Waals surface area (Å²) < 4.78 is 12.3. The van der Waals surface area contributed by atoms with Crippen LogP contribution in [0, 0.1) is 0 Å². The molecule has 20 heavy (non-hydrogen) atoms. The van der Waals surface area contributed by atoms with E-state index in [9.17, 15) is 0 Å². The van der Waals surface area contributed by atoms with Crippen molar-refractivity contribution in [2.24, 2.45) is 0 Å². The summed E-state index contributed by atoms with van der Waals surface area (Å²) in [5.74, 6) is 2.11. The average molecular weight is 273 g/mol. The van der Waals surface area contributed by atoms with Gasteiger partial charge in [-0.1, -0.05) is 0 Å². The van der Waals surface area contributed by atoms with Crippen LogP contribution in [0.2, 0.25) is 0 Å². The number of nitrogens with zero attached hydrogens (tertiary/aromatic N) is 3. The molecule has 104 valence electrons. The summed E-state index contributed by atoms with van der Waals surface area (Å²) in [5, 5.41) is 4.13. The van der Waals surface area contributed by atoms with Crippen molar-refractivity contribution in [3.63, 3.8) is 0 Å². The molecule has 3 N–H and O–H groups in total. The number of imidazole rings is 1. The van der Waals surface area contributed by atoms with Gasteiger partial charge in [0.25, 0.3) is 0 Å². The molecular formula is C13H15N5O2. The zero-order chi connectivity index (χ0) is 14.1. The molecule has 7 heteroatoms. The molecule has 0 fully saturated rings. The van der Waals surface area contributed by atoms with Crippen LogP contribution in [0.3, 0.4) is 0 Å². The molecule has 0 aliphatic carbocycles. The van der Waals surface area contributed by atoms with E-state index in [4.69, 9.17) is 15.2 Å². The SMILES string of the molecule is COc1cc2nc(Cn3cc(N)cn3)[nH]c2cc1OC. The first-order valence-corrected chi connectivity index (χ1v) is 6.08. The van der Waals surface area contributed by atoms with Crippen LogP contribution in [0.4, 0.5) is 5.69 Å². The predicted molar refractivity (Wildman–Crippen MR) is 74.9 cm³/mol. The van der Waals surface area contributed by atoms with Crippen LogP contribution in [0.25, 0.3) is 11.0 Å². The number of aromatic amines is 1. The molecule has 0 saturated carbocycles. The molecule has 3 rings (SSSR count). The van der Waals surface area contributed by atoms with Crippen molar-refractivity contribution < 1.29 is 9.47 Å². The zero-order valence-corrected chi connectivity index (χ0v) is 11.3. The molecule has 7 nitrogen and oxygen atoms in total. The topological polar surface area (TPSA) is 91.0 Å². The van der Waals surface area contributed by atoms with Gasteiger partial charge in [0.1, 0.15) is 5.82 Å². The van der Waals surface area contributed by atoms with E-state index in [2.05, 4.69) is 15.1 Å². The molecule has 0 aliphatic heterocycles. The third-order valence-electron chi connectivity index (χ3n) is 3.00. The van der Waals surface area contributed by atoms with Gasteiger partial charge in [-0.2, -0.15) is 5.10 Å². The second-order valence-electron chi connectivity index (χ2n) is 4.38. The van der Waals surface area contributed by atoms with Crippen LogP contribution in [0.5, 0.6) is 11.5 Å². The Morgan fingerprint density at radius 1 is 1.25 bits per heavy atom. The van der Waals surface area contributed by atoms with Crippen molar-refractivity contribution in [2.45, 2.75) is 6.54 Å². The molecule has 1 aromatic carbocycles. The van der Waals surface area contributed by atoms with Gasteiger partial charge in [-0.05, 0) is 0 Å². The Bertz CT molecular complexity index is 705. The molecule has 0 saturated heterocycles. The first kappa shape index (κ1) is 12.3. The van der Waals surface area contributed by atoms with Gasteiger partial charge in [0.15, 0.2) is 11.5 Å². The summed E-state index contributed by atoms with van der Waals surface area (Å²) in [4.78, 5) is 7.74. The normalized spacial score (nSPS) is 10.9. The minimum absolute atomic E-state index is 0.524. The lowest BCUT2D eigenvalue weighted by Crippen LogP contribution is -2.01. The third-order valence-corrected chi connectivity index (χ3v) is 3.00. The third kappa shape index (κ3) is 2.13. The summed E-state index contributed by atoms with van der Waals surface area (Å²) >= 11 is 0. The number of nitrogens with two attached hydrogens (primary N) is 1. The lowest BCUT2D eigenvalue weighted by molar-refractivity contribution is 0.356. The van der Waals surface area contributed by atoms with E-state index in [-0.39, 0.29) is 0 Å². The van der Waals surface area contributed by atoms with E-state index < -0.39 is 0 Å². The summed E-state index contributed by atoms with van der Waals surface area (Å²) in [7, 11) is 3.21. The van der Waals surface area contributed by atoms with Crippen LogP contribution in [-0.4, -0.2) is 34.0 Å². The number of H-pyrrole nitrogens is 1. The van der Waals surface area contributed by atoms with Gasteiger partial charge in [-0.3, -0.25) is 4.68 Å². The Hall–Kier alpha value is -2.70. The summed E-state index contributed by atoms with van der Waals surface area (Å²) in [5.41, 5.74) is 7.97. The van der Waals surface area contributed by atoms with Crippen molar-refractivity contribution >= 4 is 16.7 Å². The number of nitrogen functional groups attached to an aromatic ring is 1. The molecule has 2 aromatic heterocycles. The number of aromatic nitrogens is 4. The number of fused-ring (bicyclic) bond motifs is 1. The molecule has 3 aromatic rings. The van der Waals surface area contributed by atoms with E-state index in [1.165, 1.54) is 0 Å². The van der Waals surface area contributed by atoms with Gasteiger partial charge in [-0.25, -0.2) is 4.98 Å². The van der Waals surface area contributed by atoms with E-state index >= 15 is 0 Å². The number of anilines is 1. The molecule has 0 atom stereocenters. The fourth-order valence-electron chi connectivity index (χ4n) is 2.08. The van der Waals surface area contributed by atoms with Crippen LogP contribution in [0.15, 0.2) is 24.5 Å². The Balaban J connectivity index is 1.97. The second kappa shape index (κ2) is 4.76. The fourth-order valence-corrected chi connectivity index (χ4v) is 2.08. The highest BCUT2D eigenvalue weighted by atomic mass is 16.5. The van der Waals surface area contributed by atoms with Crippen LogP contribution >= 0.6 is 0 Å². The Labute approximate surface area is 115 Å². The Kier molecular flexibility index (Phi) is 2.94. The van der Waals surface area contributed by atoms with E-state index in [1.54, 1.807) is 31.3 Å². The predicted octanol–water partition coefficient (Wildman–Crippen LogP) is 1.41. The lowest BCUT2D eigenvalue weighted by atomic mass is 10.3. The van der Waals surface area contributed by atoms with Crippen LogP contribution < -0.4 is 15.2 Å². The summed E-state index contributed by atoms with van der Waals surface area (Å²) in [6.07, 6.45) is 3.36. The Morgan fingerprint density at radius 3 is 2.65 bits per heavy atom. The van der Waals surface area contributed by atoms with Crippen molar-refractivity contribution in [3.8, 4) is 11.5 Å². The van der Waals surface area contributed by atoms with Gasteiger partial charge < -0.3 is 20.2 Å². The molecule has 0 unspecified atom stereocenters. The number of hydrogen-bond donors (Lipinski definition) is 2. The van der Waals surface area contributed by atoms with Gasteiger partial charge in [-0.15, -0.1) is 0 Å². The molecule has 0 amide bonds. The molecule has 0 bridgehead atoms. The highest BCUT2D eigenvalue weighted by Crippen LogP contribution is 2.31. The zero-order valence-electron chi connectivity index (χ0n) is 11.3. The Morgan fingerprint density at radius 2 is 2.00 bits per heavy atom. The monoisotopic (exact) mass is 273 g/mol. The number of hydrogen-bond acceptors (Lipinski definition) is 5.